The number of carbonyl (C=O) groups is 5. The lowest BCUT2D eigenvalue weighted by Gasteiger charge is -2.30. The summed E-state index contributed by atoms with van der Waals surface area (Å²) in [6.07, 6.45) is 3.89. The normalized spacial score (nSPS) is 20.3. The first kappa shape index (κ1) is 46.4. The maximum atomic E-state index is 12.5. The molecular weight excluding hydrogens is 740 g/mol. The fourth-order valence-corrected chi connectivity index (χ4v) is 8.77. The number of hydrogen-bond acceptors (Lipinski definition) is 9. The predicted octanol–water partition coefficient (Wildman–Crippen LogP) is 5.08. The van der Waals surface area contributed by atoms with Gasteiger partial charge in [-0.1, -0.05) is 41.5 Å². The van der Waals surface area contributed by atoms with E-state index in [1.165, 1.54) is 4.90 Å². The molecule has 1 saturated heterocycles. The zero-order valence-electron chi connectivity index (χ0n) is 32.6. The Morgan fingerprint density at radius 3 is 2.06 bits per heavy atom. The molecule has 1 saturated carbocycles. The SMILES string of the molecule is CC(C)CC(=O)Nc1ccc(C(=O)NCCS(=O)(=O)C(C)C)cc1.CC(C)SC1CC(=O)N(CC2CCC(C(=O)NCCP(=O)(O)C(C)C)CC2)C1=O. The number of amides is 5. The van der Waals surface area contributed by atoms with Gasteiger partial charge in [-0.2, -0.15) is 0 Å². The van der Waals surface area contributed by atoms with Crippen LogP contribution in [0.5, 0.6) is 0 Å². The highest BCUT2D eigenvalue weighted by Gasteiger charge is 2.40. The maximum absolute atomic E-state index is 12.5. The Hall–Kier alpha value is -2.74. The second kappa shape index (κ2) is 21.4. The van der Waals surface area contributed by atoms with Gasteiger partial charge < -0.3 is 20.8 Å². The first-order chi connectivity index (χ1) is 24.6. The molecule has 0 aromatic heterocycles. The van der Waals surface area contributed by atoms with Crippen molar-refractivity contribution in [3.8, 4) is 0 Å². The lowest BCUT2D eigenvalue weighted by atomic mass is 9.81. The van der Waals surface area contributed by atoms with E-state index in [0.717, 1.165) is 25.7 Å². The number of imide groups is 1. The molecule has 2 aliphatic rings. The van der Waals surface area contributed by atoms with Crippen LogP contribution in [-0.4, -0.2) is 101 Å². The third-order valence-electron chi connectivity index (χ3n) is 9.25. The molecule has 3 rings (SSSR count). The standard InChI is InChI=1S/C20H35N2O5PS.C17H26N2O4S/c1-13(2)28(26,27)10-9-21-19(24)16-7-5-15(6-8-16)12-22-18(23)11-17(20(22)25)29-14(3)4;1-12(2)11-16(20)19-15-7-5-14(6-8-15)17(21)18-9-10-24(22,23)13(3)4/h13-17H,5-12H2,1-4H3,(H,21,24)(H,26,27);5-8,12-13H,9-11H2,1-4H3,(H,18,21)(H,19,20). The van der Waals surface area contributed by atoms with E-state index in [4.69, 9.17) is 0 Å². The minimum absolute atomic E-state index is 0.0612. The summed E-state index contributed by atoms with van der Waals surface area (Å²) in [5, 5.41) is 7.76. The van der Waals surface area contributed by atoms with Gasteiger partial charge in [-0.15, -0.1) is 11.8 Å². The average Bonchev–Trinajstić information content (AvgIpc) is 3.31. The van der Waals surface area contributed by atoms with Crippen LogP contribution < -0.4 is 16.0 Å². The molecule has 1 aliphatic carbocycles. The number of carbonyl (C=O) groups excluding carboxylic acids is 5. The summed E-state index contributed by atoms with van der Waals surface area (Å²) in [5.74, 6) is -0.273. The summed E-state index contributed by atoms with van der Waals surface area (Å²) < 4.78 is 35.3. The van der Waals surface area contributed by atoms with E-state index in [1.54, 1.807) is 63.7 Å². The Morgan fingerprint density at radius 2 is 1.53 bits per heavy atom. The van der Waals surface area contributed by atoms with Gasteiger partial charge in [0.2, 0.25) is 31.0 Å². The second-order valence-electron chi connectivity index (χ2n) is 15.2. The number of nitrogens with zero attached hydrogens (tertiary/aromatic N) is 1. The second-order valence-corrected chi connectivity index (χ2v) is 22.6. The highest BCUT2D eigenvalue weighted by atomic mass is 32.2. The molecule has 1 heterocycles. The van der Waals surface area contributed by atoms with Gasteiger partial charge >= 0.3 is 0 Å². The third-order valence-corrected chi connectivity index (χ3v) is 15.2. The summed E-state index contributed by atoms with van der Waals surface area (Å²) in [6, 6.07) is 6.49. The molecule has 0 radical (unpaired) electrons. The fraction of sp³-hybridized carbons (Fsp3) is 0.703. The molecule has 1 aromatic carbocycles. The van der Waals surface area contributed by atoms with Crippen molar-refractivity contribution in [2.45, 2.75) is 115 Å². The van der Waals surface area contributed by atoms with Crippen molar-refractivity contribution < 1.29 is 41.8 Å². The van der Waals surface area contributed by atoms with Crippen LogP contribution in [0, 0.1) is 17.8 Å². The van der Waals surface area contributed by atoms with Crippen LogP contribution in [0.15, 0.2) is 24.3 Å². The number of likely N-dealkylation sites (tertiary alicyclic amines) is 1. The first-order valence-corrected chi connectivity index (χ1v) is 23.2. The van der Waals surface area contributed by atoms with Crippen molar-refractivity contribution in [1.82, 2.24) is 15.5 Å². The monoisotopic (exact) mass is 800 g/mol. The number of benzene rings is 1. The molecule has 16 heteroatoms. The van der Waals surface area contributed by atoms with E-state index in [-0.39, 0.29) is 83.2 Å². The molecule has 5 amide bonds. The van der Waals surface area contributed by atoms with Crippen molar-refractivity contribution in [3.63, 3.8) is 0 Å². The molecule has 53 heavy (non-hydrogen) atoms. The van der Waals surface area contributed by atoms with E-state index in [0.29, 0.717) is 35.9 Å². The number of anilines is 1. The summed E-state index contributed by atoms with van der Waals surface area (Å²) in [6.45, 7) is 15.4. The largest absolute Gasteiger partial charge is 0.355 e. The van der Waals surface area contributed by atoms with E-state index in [2.05, 4.69) is 16.0 Å². The van der Waals surface area contributed by atoms with Crippen molar-refractivity contribution >= 4 is 64.2 Å². The summed E-state index contributed by atoms with van der Waals surface area (Å²) >= 11 is 1.55. The summed E-state index contributed by atoms with van der Waals surface area (Å²) in [7, 11) is -6.37. The topological polar surface area (TPSA) is 196 Å². The van der Waals surface area contributed by atoms with Crippen molar-refractivity contribution in [3.05, 3.63) is 29.8 Å². The van der Waals surface area contributed by atoms with E-state index >= 15 is 0 Å². The molecule has 2 fully saturated rings. The fourth-order valence-electron chi connectivity index (χ4n) is 5.82. The predicted molar refractivity (Wildman–Crippen MR) is 212 cm³/mol. The minimum atomic E-state index is -3.20. The van der Waals surface area contributed by atoms with Crippen LogP contribution in [-0.2, 0) is 33.6 Å². The number of hydrogen-bond donors (Lipinski definition) is 4. The van der Waals surface area contributed by atoms with Gasteiger partial charge in [0.25, 0.3) is 5.91 Å². The Labute approximate surface area is 320 Å². The summed E-state index contributed by atoms with van der Waals surface area (Å²) in [5.41, 5.74) is 0.739. The van der Waals surface area contributed by atoms with E-state index in [1.807, 2.05) is 27.7 Å². The van der Waals surface area contributed by atoms with Gasteiger partial charge in [-0.3, -0.25) is 33.4 Å². The minimum Gasteiger partial charge on any atom is -0.355 e. The zero-order valence-corrected chi connectivity index (χ0v) is 35.1. The highest BCUT2D eigenvalue weighted by molar-refractivity contribution is 8.01. The molecule has 1 aromatic rings. The quantitative estimate of drug-likeness (QED) is 0.122. The maximum Gasteiger partial charge on any atom is 0.251 e. The third kappa shape index (κ3) is 15.9. The Kier molecular flexibility index (Phi) is 18.7. The van der Waals surface area contributed by atoms with E-state index < -0.39 is 22.5 Å². The Bertz CT molecular complexity index is 1560. The Balaban J connectivity index is 0.000000374. The summed E-state index contributed by atoms with van der Waals surface area (Å²) in [4.78, 5) is 72.1. The van der Waals surface area contributed by atoms with Crippen LogP contribution in [0.1, 0.15) is 104 Å². The van der Waals surface area contributed by atoms with Crippen molar-refractivity contribution in [2.24, 2.45) is 17.8 Å². The van der Waals surface area contributed by atoms with Crippen LogP contribution in [0.2, 0.25) is 0 Å². The highest BCUT2D eigenvalue weighted by Crippen LogP contribution is 2.45. The van der Waals surface area contributed by atoms with Gasteiger partial charge in [0.1, 0.15) is 0 Å². The van der Waals surface area contributed by atoms with Crippen LogP contribution in [0.4, 0.5) is 5.69 Å². The smallest absolute Gasteiger partial charge is 0.251 e. The number of nitrogens with one attached hydrogen (secondary N) is 3. The van der Waals surface area contributed by atoms with Crippen LogP contribution >= 0.6 is 19.1 Å². The molecule has 4 N–H and O–H groups in total. The lowest BCUT2D eigenvalue weighted by molar-refractivity contribution is -0.139. The molecule has 0 spiro atoms. The van der Waals surface area contributed by atoms with Gasteiger partial charge in [-0.25, -0.2) is 8.42 Å². The number of sulfone groups is 1. The Morgan fingerprint density at radius 1 is 0.925 bits per heavy atom. The van der Waals surface area contributed by atoms with E-state index in [9.17, 15) is 41.8 Å². The van der Waals surface area contributed by atoms with Gasteiger partial charge in [0.15, 0.2) is 9.84 Å². The first-order valence-electron chi connectivity index (χ1n) is 18.6. The molecule has 0 bridgehead atoms. The van der Waals surface area contributed by atoms with Crippen LogP contribution in [0.3, 0.4) is 0 Å². The molecule has 13 nitrogen and oxygen atoms in total. The molecule has 300 valence electrons. The molecular formula is C37H61N4O9PS2. The molecule has 2 unspecified atom stereocenters. The number of rotatable bonds is 17. The lowest BCUT2D eigenvalue weighted by Crippen LogP contribution is -2.39. The molecule has 1 aliphatic heterocycles. The van der Waals surface area contributed by atoms with Gasteiger partial charge in [-0.05, 0) is 80.9 Å². The van der Waals surface area contributed by atoms with Gasteiger partial charge in [0.05, 0.1) is 16.3 Å². The zero-order chi connectivity index (χ0) is 40.1. The average molecular weight is 801 g/mol. The van der Waals surface area contributed by atoms with Crippen LogP contribution in [0.25, 0.3) is 0 Å². The number of thioether (sulfide) groups is 1. The molecule has 2 atom stereocenters. The van der Waals surface area contributed by atoms with Crippen molar-refractivity contribution in [1.29, 1.82) is 0 Å². The van der Waals surface area contributed by atoms with Gasteiger partial charge in [0, 0.05) is 61.5 Å². The van der Waals surface area contributed by atoms with Crippen molar-refractivity contribution in [2.75, 3.05) is 36.9 Å².